The number of nitrogens with zero attached hydrogens (tertiary/aromatic N) is 2. The lowest BCUT2D eigenvalue weighted by atomic mass is 10.1. The number of nitro benzene ring substituents is 1. The minimum atomic E-state index is -3.81. The van der Waals surface area contributed by atoms with Crippen molar-refractivity contribution in [2.45, 2.75) is 24.8 Å². The fraction of sp³-hybridized carbons (Fsp3) is 0.200. The molecule has 0 saturated heterocycles. The van der Waals surface area contributed by atoms with Gasteiger partial charge in [-0.15, -0.1) is 0 Å². The Morgan fingerprint density at radius 2 is 1.93 bits per heavy atom. The van der Waals surface area contributed by atoms with Gasteiger partial charge in [0.2, 0.25) is 0 Å². The van der Waals surface area contributed by atoms with Crippen molar-refractivity contribution in [1.29, 1.82) is 5.26 Å². The first kappa shape index (κ1) is 21.8. The number of benzene rings is 2. The molecular weight excluding hydrogens is 396 g/mol. The predicted molar refractivity (Wildman–Crippen MR) is 105 cm³/mol. The third-order valence-corrected chi connectivity index (χ3v) is 5.61. The number of ether oxygens (including phenoxy) is 1. The van der Waals surface area contributed by atoms with E-state index in [1.807, 2.05) is 6.92 Å². The SMILES string of the molecule is CC(=O)OC(/C=C(\C#N)CS(=O)(=O)c1ccc(C)cc1)c1cccc([N+](=O)[O-])c1. The Balaban J connectivity index is 2.41. The number of nitriles is 1. The molecule has 0 spiro atoms. The molecule has 0 amide bonds. The molecule has 2 aromatic rings. The smallest absolute Gasteiger partial charge is 0.303 e. The third-order valence-electron chi connectivity index (χ3n) is 3.92. The molecule has 0 bridgehead atoms. The largest absolute Gasteiger partial charge is 0.453 e. The summed E-state index contributed by atoms with van der Waals surface area (Å²) in [6.07, 6.45) is 0.0434. The zero-order chi connectivity index (χ0) is 21.6. The van der Waals surface area contributed by atoms with Gasteiger partial charge in [-0.2, -0.15) is 5.26 Å². The highest BCUT2D eigenvalue weighted by Gasteiger charge is 2.21. The predicted octanol–water partition coefficient (Wildman–Crippen LogP) is 3.43. The average Bonchev–Trinajstić information content (AvgIpc) is 2.66. The molecule has 0 N–H and O–H groups in total. The standard InChI is InChI=1S/C20H18N2O6S/c1-14-6-8-19(9-7-14)29(26,27)13-16(12-21)10-20(28-15(2)23)17-4-3-5-18(11-17)22(24)25/h3-11,20H,13H2,1-2H3/b16-10+. The van der Waals surface area contributed by atoms with Gasteiger partial charge in [-0.1, -0.05) is 29.8 Å². The van der Waals surface area contributed by atoms with E-state index in [2.05, 4.69) is 0 Å². The van der Waals surface area contributed by atoms with Crippen LogP contribution in [0, 0.1) is 28.4 Å². The van der Waals surface area contributed by atoms with Crippen molar-refractivity contribution in [2.75, 3.05) is 5.75 Å². The molecule has 2 rings (SSSR count). The molecule has 0 aliphatic heterocycles. The van der Waals surface area contributed by atoms with E-state index in [1.165, 1.54) is 42.5 Å². The number of sulfone groups is 1. The van der Waals surface area contributed by atoms with Gasteiger partial charge in [0.1, 0.15) is 6.10 Å². The van der Waals surface area contributed by atoms with Crippen LogP contribution in [0.5, 0.6) is 0 Å². The number of carbonyl (C=O) groups is 1. The summed E-state index contributed by atoms with van der Waals surface area (Å²) in [5, 5.41) is 20.4. The highest BCUT2D eigenvalue weighted by molar-refractivity contribution is 7.91. The quantitative estimate of drug-likeness (QED) is 0.294. The molecule has 2 aromatic carbocycles. The van der Waals surface area contributed by atoms with Gasteiger partial charge in [0.15, 0.2) is 9.84 Å². The molecule has 0 aliphatic rings. The second kappa shape index (κ2) is 9.12. The van der Waals surface area contributed by atoms with Crippen LogP contribution in [0.25, 0.3) is 0 Å². The van der Waals surface area contributed by atoms with Gasteiger partial charge in [0.05, 0.1) is 21.6 Å². The van der Waals surface area contributed by atoms with Crippen molar-refractivity contribution in [3.63, 3.8) is 0 Å². The molecule has 29 heavy (non-hydrogen) atoms. The number of aryl methyl sites for hydroxylation is 1. The van der Waals surface area contributed by atoms with Crippen LogP contribution in [-0.2, 0) is 19.4 Å². The van der Waals surface area contributed by atoms with Crippen LogP contribution >= 0.6 is 0 Å². The lowest BCUT2D eigenvalue weighted by molar-refractivity contribution is -0.385. The van der Waals surface area contributed by atoms with Gasteiger partial charge in [0.25, 0.3) is 5.69 Å². The van der Waals surface area contributed by atoms with E-state index in [4.69, 9.17) is 4.74 Å². The first-order valence-corrected chi connectivity index (χ1v) is 10.1. The van der Waals surface area contributed by atoms with Crippen molar-refractivity contribution in [1.82, 2.24) is 0 Å². The molecular formula is C20H18N2O6S. The third kappa shape index (κ3) is 5.99. The Morgan fingerprint density at radius 1 is 1.28 bits per heavy atom. The van der Waals surface area contributed by atoms with Gasteiger partial charge in [-0.25, -0.2) is 8.42 Å². The van der Waals surface area contributed by atoms with Crippen LogP contribution in [0.3, 0.4) is 0 Å². The maximum Gasteiger partial charge on any atom is 0.303 e. The number of non-ortho nitro benzene ring substituents is 1. The van der Waals surface area contributed by atoms with Crippen molar-refractivity contribution in [3.8, 4) is 6.07 Å². The van der Waals surface area contributed by atoms with Gasteiger partial charge < -0.3 is 4.74 Å². The molecule has 8 nitrogen and oxygen atoms in total. The molecule has 0 radical (unpaired) electrons. The lowest BCUT2D eigenvalue weighted by Crippen LogP contribution is -2.12. The maximum absolute atomic E-state index is 12.6. The number of esters is 1. The monoisotopic (exact) mass is 414 g/mol. The molecule has 1 unspecified atom stereocenters. The van der Waals surface area contributed by atoms with E-state index in [-0.39, 0.29) is 21.7 Å². The summed E-state index contributed by atoms with van der Waals surface area (Å²) in [4.78, 5) is 21.9. The number of hydrogen-bond donors (Lipinski definition) is 0. The van der Waals surface area contributed by atoms with Crippen molar-refractivity contribution < 1.29 is 22.9 Å². The van der Waals surface area contributed by atoms with Crippen LogP contribution in [0.15, 0.2) is 65.1 Å². The zero-order valence-electron chi connectivity index (χ0n) is 15.7. The summed E-state index contributed by atoms with van der Waals surface area (Å²) in [6, 6.07) is 13.4. The van der Waals surface area contributed by atoms with Crippen LogP contribution in [0.1, 0.15) is 24.2 Å². The molecule has 150 valence electrons. The Bertz CT molecular complexity index is 1100. The number of nitro groups is 1. The summed E-state index contributed by atoms with van der Waals surface area (Å²) < 4.78 is 30.4. The van der Waals surface area contributed by atoms with Crippen LogP contribution in [0.2, 0.25) is 0 Å². The fourth-order valence-corrected chi connectivity index (χ4v) is 3.81. The molecule has 0 aromatic heterocycles. The molecule has 0 fully saturated rings. The van der Waals surface area contributed by atoms with E-state index in [1.54, 1.807) is 18.2 Å². The first-order valence-electron chi connectivity index (χ1n) is 8.44. The molecule has 0 aliphatic carbocycles. The fourth-order valence-electron chi connectivity index (χ4n) is 2.53. The summed E-state index contributed by atoms with van der Waals surface area (Å²) in [5.74, 6) is -1.28. The molecule has 9 heteroatoms. The Kier molecular flexibility index (Phi) is 6.85. The number of rotatable bonds is 7. The Labute approximate surface area is 168 Å². The van der Waals surface area contributed by atoms with Gasteiger partial charge in [-0.05, 0) is 25.1 Å². The van der Waals surface area contributed by atoms with Crippen LogP contribution in [0.4, 0.5) is 5.69 Å². The van der Waals surface area contributed by atoms with Crippen LogP contribution in [-0.4, -0.2) is 25.1 Å². The minimum absolute atomic E-state index is 0.0589. The van der Waals surface area contributed by atoms with Crippen molar-refractivity contribution in [2.24, 2.45) is 0 Å². The average molecular weight is 414 g/mol. The summed E-state index contributed by atoms with van der Waals surface area (Å²) in [7, 11) is -3.81. The lowest BCUT2D eigenvalue weighted by Gasteiger charge is -2.14. The van der Waals surface area contributed by atoms with E-state index in [9.17, 15) is 28.6 Å². The van der Waals surface area contributed by atoms with Gasteiger partial charge in [-0.3, -0.25) is 14.9 Å². The molecule has 0 saturated carbocycles. The normalized spacial score (nSPS) is 12.7. The Morgan fingerprint density at radius 3 is 2.48 bits per heavy atom. The molecule has 0 heterocycles. The van der Waals surface area contributed by atoms with E-state index in [0.717, 1.165) is 12.5 Å². The first-order chi connectivity index (χ1) is 13.6. The van der Waals surface area contributed by atoms with E-state index in [0.29, 0.717) is 0 Å². The highest BCUT2D eigenvalue weighted by atomic mass is 32.2. The highest BCUT2D eigenvalue weighted by Crippen LogP contribution is 2.25. The topological polar surface area (TPSA) is 127 Å². The molecule has 1 atom stereocenters. The number of hydrogen-bond acceptors (Lipinski definition) is 7. The van der Waals surface area contributed by atoms with Crippen LogP contribution < -0.4 is 0 Å². The maximum atomic E-state index is 12.6. The summed E-state index contributed by atoms with van der Waals surface area (Å²) in [6.45, 7) is 2.97. The van der Waals surface area contributed by atoms with E-state index >= 15 is 0 Å². The van der Waals surface area contributed by atoms with Crippen molar-refractivity contribution in [3.05, 3.63) is 81.4 Å². The van der Waals surface area contributed by atoms with E-state index < -0.39 is 32.6 Å². The summed E-state index contributed by atoms with van der Waals surface area (Å²) >= 11 is 0. The summed E-state index contributed by atoms with van der Waals surface area (Å²) in [5.41, 5.74) is 0.762. The van der Waals surface area contributed by atoms with Gasteiger partial charge in [0, 0.05) is 30.2 Å². The second-order valence-electron chi connectivity index (χ2n) is 6.26. The number of carbonyl (C=O) groups excluding carboxylic acids is 1. The Hall–Kier alpha value is -3.51. The van der Waals surface area contributed by atoms with Crippen molar-refractivity contribution >= 4 is 21.5 Å². The zero-order valence-corrected chi connectivity index (χ0v) is 16.5. The van der Waals surface area contributed by atoms with Gasteiger partial charge >= 0.3 is 5.97 Å². The minimum Gasteiger partial charge on any atom is -0.453 e. The second-order valence-corrected chi connectivity index (χ2v) is 8.25.